The van der Waals surface area contributed by atoms with Crippen molar-refractivity contribution in [3.8, 4) is 22.9 Å². The van der Waals surface area contributed by atoms with Crippen molar-refractivity contribution in [1.82, 2.24) is 0 Å². The molecule has 2 aromatic rings. The molecule has 0 radical (unpaired) electrons. The van der Waals surface area contributed by atoms with Gasteiger partial charge in [0.25, 0.3) is 0 Å². The Morgan fingerprint density at radius 1 is 1.12 bits per heavy atom. The summed E-state index contributed by atoms with van der Waals surface area (Å²) in [4.78, 5) is 0. The Bertz CT molecular complexity index is 572. The van der Waals surface area contributed by atoms with Gasteiger partial charge >= 0.3 is 0 Å². The zero-order valence-corrected chi connectivity index (χ0v) is 9.07. The van der Waals surface area contributed by atoms with Crippen LogP contribution in [-0.2, 0) is 0 Å². The zero-order chi connectivity index (χ0) is 11.5. The van der Waals surface area contributed by atoms with Gasteiger partial charge in [-0.25, -0.2) is 0 Å². The molecule has 3 heteroatoms. The van der Waals surface area contributed by atoms with Crippen LogP contribution in [0.3, 0.4) is 0 Å². The summed E-state index contributed by atoms with van der Waals surface area (Å²) in [6.07, 6.45) is 0. The first kappa shape index (κ1) is 10.5. The highest BCUT2D eigenvalue weighted by Crippen LogP contribution is 2.30. The van der Waals surface area contributed by atoms with Crippen LogP contribution in [0.15, 0.2) is 42.5 Å². The lowest BCUT2D eigenvalue weighted by atomic mass is 10.0. The van der Waals surface area contributed by atoms with Crippen LogP contribution in [-0.4, -0.2) is 5.11 Å². The van der Waals surface area contributed by atoms with Crippen molar-refractivity contribution in [2.24, 2.45) is 0 Å². The summed E-state index contributed by atoms with van der Waals surface area (Å²) in [7, 11) is 0. The molecule has 0 aliphatic rings. The highest BCUT2D eigenvalue weighted by molar-refractivity contribution is 6.33. The van der Waals surface area contributed by atoms with Gasteiger partial charge in [0, 0.05) is 10.6 Å². The number of phenols is 1. The topological polar surface area (TPSA) is 44.0 Å². The molecule has 1 N–H and O–H groups in total. The first-order valence-corrected chi connectivity index (χ1v) is 5.08. The van der Waals surface area contributed by atoms with Crippen molar-refractivity contribution in [1.29, 1.82) is 5.26 Å². The number of hydrogen-bond donors (Lipinski definition) is 1. The predicted octanol–water partition coefficient (Wildman–Crippen LogP) is 3.58. The van der Waals surface area contributed by atoms with Gasteiger partial charge in [-0.05, 0) is 23.8 Å². The molecule has 2 rings (SSSR count). The largest absolute Gasteiger partial charge is 0.507 e. The number of hydrogen-bond acceptors (Lipinski definition) is 2. The van der Waals surface area contributed by atoms with Gasteiger partial charge in [-0.3, -0.25) is 0 Å². The van der Waals surface area contributed by atoms with E-state index in [2.05, 4.69) is 0 Å². The number of rotatable bonds is 1. The Balaban J connectivity index is 2.59. The van der Waals surface area contributed by atoms with Crippen LogP contribution >= 0.6 is 11.6 Å². The molecule has 0 aromatic heterocycles. The molecule has 16 heavy (non-hydrogen) atoms. The van der Waals surface area contributed by atoms with Gasteiger partial charge in [-0.2, -0.15) is 5.26 Å². The maximum absolute atomic E-state index is 9.40. The molecule has 0 atom stereocenters. The van der Waals surface area contributed by atoms with E-state index in [-0.39, 0.29) is 11.3 Å². The fourth-order valence-electron chi connectivity index (χ4n) is 1.49. The summed E-state index contributed by atoms with van der Waals surface area (Å²) in [5, 5.41) is 18.8. The van der Waals surface area contributed by atoms with Crippen molar-refractivity contribution in [3.05, 3.63) is 53.1 Å². The Kier molecular flexibility index (Phi) is 2.80. The number of nitrogens with zero attached hydrogens (tertiary/aromatic N) is 1. The average Bonchev–Trinajstić information content (AvgIpc) is 2.31. The minimum Gasteiger partial charge on any atom is -0.507 e. The van der Waals surface area contributed by atoms with Gasteiger partial charge in [-0.1, -0.05) is 35.9 Å². The lowest BCUT2D eigenvalue weighted by Crippen LogP contribution is -1.82. The molecule has 2 nitrogen and oxygen atoms in total. The van der Waals surface area contributed by atoms with Gasteiger partial charge in [0.2, 0.25) is 0 Å². The van der Waals surface area contributed by atoms with E-state index in [9.17, 15) is 5.11 Å². The second kappa shape index (κ2) is 4.26. The minimum atomic E-state index is -0.0155. The van der Waals surface area contributed by atoms with E-state index in [1.165, 1.54) is 6.07 Å². The van der Waals surface area contributed by atoms with Crippen LogP contribution < -0.4 is 0 Å². The van der Waals surface area contributed by atoms with E-state index >= 15 is 0 Å². The molecule has 0 unspecified atom stereocenters. The molecule has 0 amide bonds. The Hall–Kier alpha value is -1.98. The first-order chi connectivity index (χ1) is 7.72. The van der Waals surface area contributed by atoms with Crippen molar-refractivity contribution in [3.63, 3.8) is 0 Å². The normalized spacial score (nSPS) is 9.75. The number of benzene rings is 2. The lowest BCUT2D eigenvalue weighted by molar-refractivity contribution is 0.473. The fourth-order valence-corrected chi connectivity index (χ4v) is 1.73. The number of phenolic OH excluding ortho intramolecular Hbond substituents is 1. The maximum atomic E-state index is 9.40. The standard InChI is InChI=1S/C13H8ClNO/c14-12-4-2-1-3-11(12)9-5-6-13(16)10(7-9)8-15/h1-7,16H. The van der Waals surface area contributed by atoms with Crippen molar-refractivity contribution in [2.45, 2.75) is 0 Å². The second-order valence-corrected chi connectivity index (χ2v) is 3.73. The molecule has 0 heterocycles. The number of nitriles is 1. The van der Waals surface area contributed by atoms with Crippen LogP contribution in [0.5, 0.6) is 5.75 Å². The first-order valence-electron chi connectivity index (χ1n) is 4.70. The number of halogens is 1. The summed E-state index contributed by atoms with van der Waals surface area (Å²) in [5.41, 5.74) is 1.91. The molecule has 0 saturated carbocycles. The maximum Gasteiger partial charge on any atom is 0.133 e. The van der Waals surface area contributed by atoms with E-state index in [1.54, 1.807) is 18.2 Å². The Morgan fingerprint density at radius 2 is 1.88 bits per heavy atom. The highest BCUT2D eigenvalue weighted by Gasteiger charge is 2.06. The summed E-state index contributed by atoms with van der Waals surface area (Å²) in [6, 6.07) is 14.2. The molecule has 0 aliphatic carbocycles. The van der Waals surface area contributed by atoms with E-state index in [0.29, 0.717) is 5.02 Å². The lowest BCUT2D eigenvalue weighted by Gasteiger charge is -2.05. The van der Waals surface area contributed by atoms with E-state index in [4.69, 9.17) is 16.9 Å². The Labute approximate surface area is 98.3 Å². The van der Waals surface area contributed by atoms with Crippen LogP contribution in [0.25, 0.3) is 11.1 Å². The van der Waals surface area contributed by atoms with Gasteiger partial charge < -0.3 is 5.11 Å². The molecular formula is C13H8ClNO. The molecule has 0 saturated heterocycles. The summed E-state index contributed by atoms with van der Waals surface area (Å²) < 4.78 is 0. The third kappa shape index (κ3) is 1.86. The van der Waals surface area contributed by atoms with Gasteiger partial charge in [0.1, 0.15) is 11.8 Å². The molecular weight excluding hydrogens is 222 g/mol. The molecule has 78 valence electrons. The smallest absolute Gasteiger partial charge is 0.133 e. The Morgan fingerprint density at radius 3 is 2.56 bits per heavy atom. The fraction of sp³-hybridized carbons (Fsp3) is 0. The van der Waals surface area contributed by atoms with Crippen molar-refractivity contribution < 1.29 is 5.11 Å². The van der Waals surface area contributed by atoms with E-state index in [0.717, 1.165) is 11.1 Å². The summed E-state index contributed by atoms with van der Waals surface area (Å²) in [5.74, 6) is -0.0155. The van der Waals surface area contributed by atoms with Crippen LogP contribution in [0.4, 0.5) is 0 Å². The van der Waals surface area contributed by atoms with Gasteiger partial charge in [0.05, 0.1) is 5.56 Å². The molecule has 0 spiro atoms. The highest BCUT2D eigenvalue weighted by atomic mass is 35.5. The molecule has 2 aromatic carbocycles. The molecule has 0 fully saturated rings. The minimum absolute atomic E-state index is 0.0155. The van der Waals surface area contributed by atoms with Crippen LogP contribution in [0, 0.1) is 11.3 Å². The van der Waals surface area contributed by atoms with Crippen molar-refractivity contribution >= 4 is 11.6 Å². The quantitative estimate of drug-likeness (QED) is 0.812. The zero-order valence-electron chi connectivity index (χ0n) is 8.31. The third-order valence-corrected chi connectivity index (χ3v) is 2.63. The third-order valence-electron chi connectivity index (χ3n) is 2.30. The average molecular weight is 230 g/mol. The monoisotopic (exact) mass is 229 g/mol. The SMILES string of the molecule is N#Cc1cc(-c2ccccc2Cl)ccc1O. The van der Waals surface area contributed by atoms with E-state index < -0.39 is 0 Å². The van der Waals surface area contributed by atoms with E-state index in [1.807, 2.05) is 24.3 Å². The summed E-state index contributed by atoms with van der Waals surface area (Å²) in [6.45, 7) is 0. The van der Waals surface area contributed by atoms with Gasteiger partial charge in [0.15, 0.2) is 0 Å². The van der Waals surface area contributed by atoms with Gasteiger partial charge in [-0.15, -0.1) is 0 Å². The number of aromatic hydroxyl groups is 1. The van der Waals surface area contributed by atoms with Crippen LogP contribution in [0.2, 0.25) is 5.02 Å². The van der Waals surface area contributed by atoms with Crippen LogP contribution in [0.1, 0.15) is 5.56 Å². The predicted molar refractivity (Wildman–Crippen MR) is 63.3 cm³/mol. The second-order valence-electron chi connectivity index (χ2n) is 3.32. The van der Waals surface area contributed by atoms with Crippen molar-refractivity contribution in [2.75, 3.05) is 0 Å². The summed E-state index contributed by atoms with van der Waals surface area (Å²) >= 11 is 6.05. The molecule has 0 bridgehead atoms. The molecule has 0 aliphatic heterocycles.